The molecule has 1 fully saturated rings. The van der Waals surface area contributed by atoms with Gasteiger partial charge in [0.15, 0.2) is 0 Å². The second-order valence-electron chi connectivity index (χ2n) is 3.31. The third-order valence-corrected chi connectivity index (χ3v) is 3.70. The average molecular weight is 190 g/mol. The normalized spacial score (nSPS) is 24.2. The largest absolute Gasteiger partial charge is 0.330 e. The summed E-state index contributed by atoms with van der Waals surface area (Å²) in [5.74, 6) is 1.68. The standard InChI is InChI=1S/C8H18N2OS/c1-8(2-3-9)10-4-6-12(11)7-5-10/h8H,2-7,9H2,1H3. The zero-order valence-corrected chi connectivity index (χ0v) is 8.48. The molecule has 72 valence electrons. The first-order valence-corrected chi connectivity index (χ1v) is 6.02. The third-order valence-electron chi connectivity index (χ3n) is 2.42. The molecule has 1 rings (SSSR count). The van der Waals surface area contributed by atoms with Crippen LogP contribution >= 0.6 is 0 Å². The molecule has 0 amide bonds. The Morgan fingerprint density at radius 2 is 2.08 bits per heavy atom. The van der Waals surface area contributed by atoms with Crippen molar-refractivity contribution in [3.05, 3.63) is 0 Å². The fourth-order valence-corrected chi connectivity index (χ4v) is 2.60. The Morgan fingerprint density at radius 3 is 2.58 bits per heavy atom. The van der Waals surface area contributed by atoms with E-state index in [1.807, 2.05) is 0 Å². The maximum atomic E-state index is 11.0. The summed E-state index contributed by atoms with van der Waals surface area (Å²) in [6.45, 7) is 4.91. The van der Waals surface area contributed by atoms with Crippen molar-refractivity contribution in [3.63, 3.8) is 0 Å². The summed E-state index contributed by atoms with van der Waals surface area (Å²) in [7, 11) is -0.554. The minimum absolute atomic E-state index is 0.554. The summed E-state index contributed by atoms with van der Waals surface area (Å²) in [5, 5.41) is 0. The molecule has 0 spiro atoms. The second kappa shape index (κ2) is 4.94. The molecule has 1 atom stereocenters. The summed E-state index contributed by atoms with van der Waals surface area (Å²) < 4.78 is 11.0. The van der Waals surface area contributed by atoms with Crippen molar-refractivity contribution in [1.82, 2.24) is 4.90 Å². The molecule has 0 radical (unpaired) electrons. The molecule has 4 heteroatoms. The summed E-state index contributed by atoms with van der Waals surface area (Å²) in [6, 6.07) is 0.562. The van der Waals surface area contributed by atoms with Gasteiger partial charge in [0.2, 0.25) is 0 Å². The van der Waals surface area contributed by atoms with Crippen molar-refractivity contribution in [2.24, 2.45) is 5.73 Å². The zero-order chi connectivity index (χ0) is 8.97. The first-order valence-electron chi connectivity index (χ1n) is 4.53. The van der Waals surface area contributed by atoms with Crippen molar-refractivity contribution in [2.45, 2.75) is 19.4 Å². The lowest BCUT2D eigenvalue weighted by Gasteiger charge is -2.31. The van der Waals surface area contributed by atoms with E-state index >= 15 is 0 Å². The Hall–Kier alpha value is 0.0700. The van der Waals surface area contributed by atoms with Crippen LogP contribution in [0.15, 0.2) is 0 Å². The monoisotopic (exact) mass is 190 g/mol. The number of nitrogens with zero attached hydrogens (tertiary/aromatic N) is 1. The van der Waals surface area contributed by atoms with E-state index in [4.69, 9.17) is 5.73 Å². The van der Waals surface area contributed by atoms with Crippen LogP contribution in [0.5, 0.6) is 0 Å². The van der Waals surface area contributed by atoms with Gasteiger partial charge in [0.25, 0.3) is 0 Å². The van der Waals surface area contributed by atoms with Gasteiger partial charge in [0.05, 0.1) is 0 Å². The molecule has 0 aromatic heterocycles. The minimum atomic E-state index is -0.554. The number of hydrogen-bond acceptors (Lipinski definition) is 3. The lowest BCUT2D eigenvalue weighted by Crippen LogP contribution is -2.43. The molecule has 1 saturated heterocycles. The van der Waals surface area contributed by atoms with Crippen LogP contribution in [0.2, 0.25) is 0 Å². The maximum absolute atomic E-state index is 11.0. The van der Waals surface area contributed by atoms with Crippen molar-refractivity contribution in [1.29, 1.82) is 0 Å². The van der Waals surface area contributed by atoms with Gasteiger partial charge in [0, 0.05) is 41.4 Å². The predicted molar refractivity (Wildman–Crippen MR) is 52.6 cm³/mol. The molecule has 3 nitrogen and oxygen atoms in total. The Morgan fingerprint density at radius 1 is 1.50 bits per heavy atom. The van der Waals surface area contributed by atoms with Gasteiger partial charge in [-0.05, 0) is 19.9 Å². The third kappa shape index (κ3) is 2.84. The lowest BCUT2D eigenvalue weighted by atomic mass is 10.2. The van der Waals surface area contributed by atoms with Gasteiger partial charge in [-0.1, -0.05) is 0 Å². The molecule has 0 bridgehead atoms. The molecule has 1 aliphatic heterocycles. The van der Waals surface area contributed by atoms with Crippen LogP contribution in [0.4, 0.5) is 0 Å². The Balaban J connectivity index is 2.28. The van der Waals surface area contributed by atoms with E-state index in [0.717, 1.165) is 37.6 Å². The van der Waals surface area contributed by atoms with E-state index in [0.29, 0.717) is 6.04 Å². The highest BCUT2D eigenvalue weighted by Gasteiger charge is 2.18. The van der Waals surface area contributed by atoms with Crippen LogP contribution in [-0.2, 0) is 10.8 Å². The van der Waals surface area contributed by atoms with E-state index in [1.54, 1.807) is 0 Å². The summed E-state index contributed by atoms with van der Waals surface area (Å²) in [6.07, 6.45) is 1.05. The molecule has 0 aliphatic carbocycles. The highest BCUT2D eigenvalue weighted by Crippen LogP contribution is 2.07. The summed E-state index contributed by atoms with van der Waals surface area (Å²) in [4.78, 5) is 2.38. The molecule has 12 heavy (non-hydrogen) atoms. The van der Waals surface area contributed by atoms with Crippen LogP contribution in [0.1, 0.15) is 13.3 Å². The van der Waals surface area contributed by atoms with Crippen LogP contribution in [-0.4, -0.2) is 46.3 Å². The van der Waals surface area contributed by atoms with Crippen LogP contribution in [0.3, 0.4) is 0 Å². The van der Waals surface area contributed by atoms with E-state index < -0.39 is 10.8 Å². The molecule has 1 heterocycles. The van der Waals surface area contributed by atoms with E-state index in [2.05, 4.69) is 11.8 Å². The quantitative estimate of drug-likeness (QED) is 0.670. The first kappa shape index (κ1) is 10.2. The maximum Gasteiger partial charge on any atom is 0.0363 e. The second-order valence-corrected chi connectivity index (χ2v) is 5.01. The summed E-state index contributed by atoms with van der Waals surface area (Å²) >= 11 is 0. The molecule has 0 aromatic carbocycles. The predicted octanol–water partition coefficient (Wildman–Crippen LogP) is -0.212. The number of nitrogens with two attached hydrogens (primary N) is 1. The SMILES string of the molecule is CC(CCN)N1CCS(=O)CC1. The van der Waals surface area contributed by atoms with Crippen molar-refractivity contribution in [2.75, 3.05) is 31.1 Å². The Bertz CT molecular complexity index is 153. The van der Waals surface area contributed by atoms with Gasteiger partial charge >= 0.3 is 0 Å². The average Bonchev–Trinajstić information content (AvgIpc) is 2.06. The Labute approximate surface area is 76.8 Å². The van der Waals surface area contributed by atoms with E-state index in [-0.39, 0.29) is 0 Å². The molecule has 0 aromatic rings. The number of rotatable bonds is 3. The molecule has 1 aliphatic rings. The van der Waals surface area contributed by atoms with Crippen LogP contribution < -0.4 is 5.73 Å². The fraction of sp³-hybridized carbons (Fsp3) is 1.00. The van der Waals surface area contributed by atoms with Crippen molar-refractivity contribution < 1.29 is 4.21 Å². The Kier molecular flexibility index (Phi) is 4.18. The molecular formula is C8H18N2OS. The topological polar surface area (TPSA) is 46.3 Å². The van der Waals surface area contributed by atoms with Gasteiger partial charge in [-0.3, -0.25) is 9.11 Å². The molecular weight excluding hydrogens is 172 g/mol. The van der Waals surface area contributed by atoms with Crippen LogP contribution in [0, 0.1) is 0 Å². The zero-order valence-electron chi connectivity index (χ0n) is 7.66. The highest BCUT2D eigenvalue weighted by atomic mass is 32.2. The molecule has 2 N–H and O–H groups in total. The fourth-order valence-electron chi connectivity index (χ4n) is 1.52. The van der Waals surface area contributed by atoms with Gasteiger partial charge in [-0.15, -0.1) is 0 Å². The van der Waals surface area contributed by atoms with Gasteiger partial charge in [-0.25, -0.2) is 0 Å². The smallest absolute Gasteiger partial charge is 0.0363 e. The molecule has 1 unspecified atom stereocenters. The number of hydrogen-bond donors (Lipinski definition) is 1. The summed E-state index contributed by atoms with van der Waals surface area (Å²) in [5.41, 5.74) is 5.48. The van der Waals surface area contributed by atoms with E-state index in [1.165, 1.54) is 0 Å². The van der Waals surface area contributed by atoms with E-state index in [9.17, 15) is 4.21 Å². The van der Waals surface area contributed by atoms with Gasteiger partial charge in [-0.2, -0.15) is 0 Å². The van der Waals surface area contributed by atoms with Gasteiger partial charge in [0.1, 0.15) is 0 Å². The van der Waals surface area contributed by atoms with Gasteiger partial charge < -0.3 is 5.73 Å². The van der Waals surface area contributed by atoms with Crippen molar-refractivity contribution >= 4 is 10.8 Å². The molecule has 0 saturated carbocycles. The first-order chi connectivity index (χ1) is 5.74. The van der Waals surface area contributed by atoms with Crippen LogP contribution in [0.25, 0.3) is 0 Å². The minimum Gasteiger partial charge on any atom is -0.330 e. The van der Waals surface area contributed by atoms with Crippen molar-refractivity contribution in [3.8, 4) is 0 Å². The lowest BCUT2D eigenvalue weighted by molar-refractivity contribution is 0.220. The highest BCUT2D eigenvalue weighted by molar-refractivity contribution is 7.85.